The number of aliphatic imine (C=N–C) groups is 1. The molecular weight excluding hydrogens is 471 g/mol. The summed E-state index contributed by atoms with van der Waals surface area (Å²) in [4.78, 5) is 20.5. The molecule has 7 nitrogen and oxygen atoms in total. The van der Waals surface area contributed by atoms with Gasteiger partial charge in [0.1, 0.15) is 12.4 Å². The van der Waals surface area contributed by atoms with Gasteiger partial charge in [-0.25, -0.2) is 0 Å². The average molecular weight is 504 g/mol. The number of carbonyl (C=O) groups is 1. The van der Waals surface area contributed by atoms with Crippen LogP contribution in [-0.2, 0) is 16.1 Å². The largest absolute Gasteiger partial charge is 0.492 e. The van der Waals surface area contributed by atoms with E-state index in [0.717, 1.165) is 30.4 Å². The van der Waals surface area contributed by atoms with Gasteiger partial charge >= 0.3 is 5.97 Å². The van der Waals surface area contributed by atoms with Crippen LogP contribution in [-0.4, -0.2) is 76.2 Å². The number of likely N-dealkylation sites (tertiary alicyclic amines) is 1. The molecule has 1 fully saturated rings. The smallest absolute Gasteiger partial charge is 0.310 e. The highest BCUT2D eigenvalue weighted by Crippen LogP contribution is 2.24. The lowest BCUT2D eigenvalue weighted by Gasteiger charge is -2.22. The zero-order valence-corrected chi connectivity index (χ0v) is 19.8. The summed E-state index contributed by atoms with van der Waals surface area (Å²) in [6.07, 6.45) is 0. The van der Waals surface area contributed by atoms with Crippen molar-refractivity contribution in [3.63, 3.8) is 0 Å². The summed E-state index contributed by atoms with van der Waals surface area (Å²) in [7, 11) is 7.26. The molecule has 1 saturated heterocycles. The molecule has 0 saturated carbocycles. The molecule has 2 unspecified atom stereocenters. The number of likely N-dealkylation sites (N-methyl/N-ethyl adjacent to an activating group) is 1. The minimum Gasteiger partial charge on any atom is -0.492 e. The number of esters is 1. The fourth-order valence-electron chi connectivity index (χ4n) is 3.23. The Morgan fingerprint density at radius 3 is 2.68 bits per heavy atom. The van der Waals surface area contributed by atoms with Crippen molar-refractivity contribution in [3.05, 3.63) is 29.8 Å². The molecule has 1 aliphatic rings. The van der Waals surface area contributed by atoms with Gasteiger partial charge in [0.15, 0.2) is 5.96 Å². The molecule has 1 aromatic rings. The third-order valence-corrected chi connectivity index (χ3v) is 4.83. The minimum absolute atomic E-state index is 0. The number of ether oxygens (including phenoxy) is 2. The van der Waals surface area contributed by atoms with E-state index in [1.807, 2.05) is 32.3 Å². The molecule has 8 heteroatoms. The monoisotopic (exact) mass is 504 g/mol. The quantitative estimate of drug-likeness (QED) is 0.266. The van der Waals surface area contributed by atoms with Gasteiger partial charge in [-0.3, -0.25) is 9.79 Å². The van der Waals surface area contributed by atoms with Crippen LogP contribution in [0, 0.1) is 11.8 Å². The van der Waals surface area contributed by atoms with E-state index in [1.54, 1.807) is 7.05 Å². The van der Waals surface area contributed by atoms with Gasteiger partial charge in [-0.15, -0.1) is 24.0 Å². The standard InChI is InChI=1S/C20H32N4O3.HI/c1-15-13-24(14-17(15)19(25)26-5)20(21-2)22-12-16-8-6-7-9-18(16)27-11-10-23(3)4;/h6-9,15,17H,10-14H2,1-5H3,(H,21,22);1H. The normalized spacial score (nSPS) is 19.4. The van der Waals surface area contributed by atoms with Crippen molar-refractivity contribution < 1.29 is 14.3 Å². The van der Waals surface area contributed by atoms with E-state index in [4.69, 9.17) is 9.47 Å². The molecule has 1 N–H and O–H groups in total. The first-order valence-corrected chi connectivity index (χ1v) is 9.35. The van der Waals surface area contributed by atoms with Crippen molar-refractivity contribution in [2.75, 3.05) is 54.5 Å². The van der Waals surface area contributed by atoms with E-state index in [1.165, 1.54) is 7.11 Å². The SMILES string of the molecule is CN=C(NCc1ccccc1OCCN(C)C)N1CC(C)C(C(=O)OC)C1.I. The zero-order valence-electron chi connectivity index (χ0n) is 17.5. The Morgan fingerprint density at radius 1 is 1.32 bits per heavy atom. The van der Waals surface area contributed by atoms with Crippen molar-refractivity contribution in [2.45, 2.75) is 13.5 Å². The van der Waals surface area contributed by atoms with Crippen LogP contribution >= 0.6 is 24.0 Å². The van der Waals surface area contributed by atoms with Crippen LogP contribution in [0.2, 0.25) is 0 Å². The van der Waals surface area contributed by atoms with Crippen LogP contribution in [0.5, 0.6) is 5.75 Å². The van der Waals surface area contributed by atoms with Gasteiger partial charge in [0.2, 0.25) is 0 Å². The zero-order chi connectivity index (χ0) is 19.8. The van der Waals surface area contributed by atoms with Gasteiger partial charge in [0.25, 0.3) is 0 Å². The molecule has 0 radical (unpaired) electrons. The predicted molar refractivity (Wildman–Crippen MR) is 122 cm³/mol. The number of carbonyl (C=O) groups excluding carboxylic acids is 1. The average Bonchev–Trinajstić information content (AvgIpc) is 3.04. The number of nitrogens with one attached hydrogen (secondary N) is 1. The highest BCUT2D eigenvalue weighted by molar-refractivity contribution is 14.0. The Kier molecular flexibility index (Phi) is 10.6. The molecule has 0 spiro atoms. The third kappa shape index (κ3) is 6.80. The van der Waals surface area contributed by atoms with Gasteiger partial charge in [0.05, 0.1) is 13.0 Å². The predicted octanol–water partition coefficient (Wildman–Crippen LogP) is 2.06. The highest BCUT2D eigenvalue weighted by atomic mass is 127. The van der Waals surface area contributed by atoms with E-state index in [9.17, 15) is 4.79 Å². The Balaban J connectivity index is 0.00000392. The van der Waals surface area contributed by atoms with E-state index < -0.39 is 0 Å². The van der Waals surface area contributed by atoms with Crippen molar-refractivity contribution in [1.29, 1.82) is 0 Å². The summed E-state index contributed by atoms with van der Waals surface area (Å²) in [6, 6.07) is 8.02. The number of rotatable bonds is 7. The Hall–Kier alpha value is -1.55. The summed E-state index contributed by atoms with van der Waals surface area (Å²) < 4.78 is 10.8. The lowest BCUT2D eigenvalue weighted by molar-refractivity contribution is -0.145. The Morgan fingerprint density at radius 2 is 2.04 bits per heavy atom. The maximum atomic E-state index is 11.9. The second-order valence-corrected chi connectivity index (χ2v) is 7.17. The first kappa shape index (κ1) is 24.5. The van der Waals surface area contributed by atoms with Crippen molar-refractivity contribution in [2.24, 2.45) is 16.8 Å². The van der Waals surface area contributed by atoms with Crippen LogP contribution in [0.15, 0.2) is 29.3 Å². The number of halogens is 1. The number of nitrogens with zero attached hydrogens (tertiary/aromatic N) is 3. The molecule has 0 aromatic heterocycles. The molecule has 1 aliphatic heterocycles. The van der Waals surface area contributed by atoms with Crippen LogP contribution in [0.3, 0.4) is 0 Å². The lowest BCUT2D eigenvalue weighted by atomic mass is 9.99. The summed E-state index contributed by atoms with van der Waals surface area (Å²) >= 11 is 0. The number of hydrogen-bond acceptors (Lipinski definition) is 5. The van der Waals surface area contributed by atoms with Gasteiger partial charge < -0.3 is 24.6 Å². The molecule has 158 valence electrons. The summed E-state index contributed by atoms with van der Waals surface area (Å²) in [5.41, 5.74) is 1.08. The van der Waals surface area contributed by atoms with Gasteiger partial charge in [0, 0.05) is 38.8 Å². The molecule has 1 aromatic carbocycles. The Bertz CT molecular complexity index is 654. The number of methoxy groups -OCH3 is 1. The second kappa shape index (κ2) is 12.1. The topological polar surface area (TPSA) is 66.4 Å². The van der Waals surface area contributed by atoms with Gasteiger partial charge in [-0.1, -0.05) is 25.1 Å². The van der Waals surface area contributed by atoms with Crippen LogP contribution in [0.1, 0.15) is 12.5 Å². The first-order valence-electron chi connectivity index (χ1n) is 9.35. The minimum atomic E-state index is -0.153. The summed E-state index contributed by atoms with van der Waals surface area (Å²) in [6.45, 7) is 5.59. The molecule has 0 amide bonds. The molecule has 2 rings (SSSR count). The van der Waals surface area contributed by atoms with Crippen LogP contribution in [0.25, 0.3) is 0 Å². The second-order valence-electron chi connectivity index (χ2n) is 7.17. The van der Waals surface area contributed by atoms with Crippen molar-refractivity contribution in [3.8, 4) is 5.75 Å². The maximum Gasteiger partial charge on any atom is 0.310 e. The highest BCUT2D eigenvalue weighted by Gasteiger charge is 2.36. The van der Waals surface area contributed by atoms with Crippen molar-refractivity contribution >= 4 is 35.9 Å². The molecular formula is C20H33IN4O3. The fraction of sp³-hybridized carbons (Fsp3) is 0.600. The van der Waals surface area contributed by atoms with E-state index >= 15 is 0 Å². The molecule has 2 atom stereocenters. The molecule has 0 aliphatic carbocycles. The van der Waals surface area contributed by atoms with Gasteiger partial charge in [-0.05, 0) is 26.1 Å². The summed E-state index contributed by atoms with van der Waals surface area (Å²) in [5.74, 6) is 1.63. The number of benzene rings is 1. The van der Waals surface area contributed by atoms with E-state index in [0.29, 0.717) is 19.7 Å². The molecule has 28 heavy (non-hydrogen) atoms. The Labute approximate surface area is 185 Å². The van der Waals surface area contributed by atoms with Gasteiger partial charge in [-0.2, -0.15) is 0 Å². The number of guanidine groups is 1. The van der Waals surface area contributed by atoms with Crippen molar-refractivity contribution in [1.82, 2.24) is 15.1 Å². The van der Waals surface area contributed by atoms with E-state index in [2.05, 4.69) is 33.1 Å². The van der Waals surface area contributed by atoms with E-state index in [-0.39, 0.29) is 41.8 Å². The third-order valence-electron chi connectivity index (χ3n) is 4.83. The number of hydrogen-bond donors (Lipinski definition) is 1. The maximum absolute atomic E-state index is 11.9. The summed E-state index contributed by atoms with van der Waals surface area (Å²) in [5, 5.41) is 3.40. The molecule has 1 heterocycles. The number of para-hydroxylation sites is 1. The van der Waals surface area contributed by atoms with Crippen LogP contribution in [0.4, 0.5) is 0 Å². The lowest BCUT2D eigenvalue weighted by Crippen LogP contribution is -2.40. The first-order chi connectivity index (χ1) is 13.0. The molecule has 0 bridgehead atoms. The van der Waals surface area contributed by atoms with Crippen LogP contribution < -0.4 is 10.1 Å². The fourth-order valence-corrected chi connectivity index (χ4v) is 3.23.